The highest BCUT2D eigenvalue weighted by atomic mass is 16.5. The van der Waals surface area contributed by atoms with Gasteiger partial charge in [-0.15, -0.1) is 0 Å². The van der Waals surface area contributed by atoms with E-state index in [4.69, 9.17) is 5.26 Å². The minimum atomic E-state index is -0.529. The van der Waals surface area contributed by atoms with Crippen LogP contribution < -0.4 is 0 Å². The van der Waals surface area contributed by atoms with Crippen molar-refractivity contribution in [3.63, 3.8) is 0 Å². The standard InChI is InChI=1S/C6H5N3O2/c1-11-6(10)4-3-8-5(2-7)9-4/h3H,1H3,(H,8,9). The van der Waals surface area contributed by atoms with Gasteiger partial charge in [0.2, 0.25) is 5.82 Å². The number of nitrogens with zero attached hydrogens (tertiary/aromatic N) is 2. The summed E-state index contributed by atoms with van der Waals surface area (Å²) in [6.07, 6.45) is 1.25. The number of carbonyl (C=O) groups is 1. The Labute approximate surface area is 62.6 Å². The van der Waals surface area contributed by atoms with Crippen molar-refractivity contribution in [3.05, 3.63) is 17.7 Å². The van der Waals surface area contributed by atoms with E-state index in [1.54, 1.807) is 6.07 Å². The second-order valence-electron chi connectivity index (χ2n) is 1.75. The molecule has 1 aromatic rings. The summed E-state index contributed by atoms with van der Waals surface area (Å²) in [6, 6.07) is 1.75. The van der Waals surface area contributed by atoms with Crippen molar-refractivity contribution in [2.75, 3.05) is 7.11 Å². The smallest absolute Gasteiger partial charge is 0.356 e. The molecule has 1 N–H and O–H groups in total. The molecule has 1 heterocycles. The Morgan fingerprint density at radius 1 is 1.91 bits per heavy atom. The first-order valence-electron chi connectivity index (χ1n) is 2.81. The molecule has 0 fully saturated rings. The van der Waals surface area contributed by atoms with Crippen molar-refractivity contribution in [2.45, 2.75) is 0 Å². The van der Waals surface area contributed by atoms with Crippen molar-refractivity contribution >= 4 is 5.97 Å². The lowest BCUT2D eigenvalue weighted by Crippen LogP contribution is -2.00. The average Bonchev–Trinajstić information content (AvgIpc) is 2.50. The molecule has 5 nitrogen and oxygen atoms in total. The predicted molar refractivity (Wildman–Crippen MR) is 34.6 cm³/mol. The SMILES string of the molecule is COC(=O)c1cnc(C#N)[nH]1. The fourth-order valence-electron chi connectivity index (χ4n) is 0.592. The molecule has 5 heteroatoms. The lowest BCUT2D eigenvalue weighted by atomic mass is 10.5. The van der Waals surface area contributed by atoms with Crippen LogP contribution in [0.15, 0.2) is 6.20 Å². The van der Waals surface area contributed by atoms with E-state index in [0.717, 1.165) is 0 Å². The summed E-state index contributed by atoms with van der Waals surface area (Å²) < 4.78 is 4.37. The number of aromatic nitrogens is 2. The number of aromatic amines is 1. The zero-order valence-electron chi connectivity index (χ0n) is 5.79. The average molecular weight is 151 g/mol. The van der Waals surface area contributed by atoms with Gasteiger partial charge < -0.3 is 9.72 Å². The first kappa shape index (κ1) is 7.28. The fourth-order valence-corrected chi connectivity index (χ4v) is 0.592. The van der Waals surface area contributed by atoms with Crippen LogP contribution in [0, 0.1) is 11.3 Å². The van der Waals surface area contributed by atoms with E-state index in [2.05, 4.69) is 14.7 Å². The van der Waals surface area contributed by atoms with Crippen LogP contribution in [-0.4, -0.2) is 23.0 Å². The van der Waals surface area contributed by atoms with Gasteiger partial charge >= 0.3 is 5.97 Å². The Hall–Kier alpha value is -1.83. The number of carbonyl (C=O) groups excluding carboxylic acids is 1. The van der Waals surface area contributed by atoms with E-state index in [9.17, 15) is 4.79 Å². The zero-order valence-corrected chi connectivity index (χ0v) is 5.79. The fraction of sp³-hybridized carbons (Fsp3) is 0.167. The van der Waals surface area contributed by atoms with Crippen LogP contribution in [0.2, 0.25) is 0 Å². The molecule has 1 aromatic heterocycles. The summed E-state index contributed by atoms with van der Waals surface area (Å²) in [5, 5.41) is 8.31. The van der Waals surface area contributed by atoms with Crippen LogP contribution in [0.1, 0.15) is 16.3 Å². The van der Waals surface area contributed by atoms with E-state index in [0.29, 0.717) is 0 Å². The van der Waals surface area contributed by atoms with E-state index < -0.39 is 5.97 Å². The molecule has 11 heavy (non-hydrogen) atoms. The Balaban J connectivity index is 2.91. The summed E-state index contributed by atoms with van der Waals surface area (Å²) in [7, 11) is 1.26. The molecule has 0 radical (unpaired) electrons. The van der Waals surface area contributed by atoms with Gasteiger partial charge in [-0.3, -0.25) is 0 Å². The van der Waals surface area contributed by atoms with Gasteiger partial charge in [0.1, 0.15) is 11.8 Å². The third-order valence-corrected chi connectivity index (χ3v) is 1.09. The van der Waals surface area contributed by atoms with Gasteiger partial charge in [-0.05, 0) is 0 Å². The minimum Gasteiger partial charge on any atom is -0.464 e. The maximum absolute atomic E-state index is 10.7. The van der Waals surface area contributed by atoms with Crippen LogP contribution in [0.4, 0.5) is 0 Å². The number of hydrogen-bond acceptors (Lipinski definition) is 4. The van der Waals surface area contributed by atoms with Crippen molar-refractivity contribution < 1.29 is 9.53 Å². The maximum atomic E-state index is 10.7. The second-order valence-corrected chi connectivity index (χ2v) is 1.75. The molecule has 0 aliphatic heterocycles. The molecule has 0 bridgehead atoms. The number of methoxy groups -OCH3 is 1. The number of imidazole rings is 1. The van der Waals surface area contributed by atoms with Crippen LogP contribution in [0.3, 0.4) is 0 Å². The van der Waals surface area contributed by atoms with Crippen molar-refractivity contribution in [1.82, 2.24) is 9.97 Å². The lowest BCUT2D eigenvalue weighted by Gasteiger charge is -1.90. The van der Waals surface area contributed by atoms with Crippen molar-refractivity contribution in [2.24, 2.45) is 0 Å². The van der Waals surface area contributed by atoms with Crippen LogP contribution in [0.5, 0.6) is 0 Å². The van der Waals surface area contributed by atoms with Gasteiger partial charge in [0.15, 0.2) is 0 Å². The maximum Gasteiger partial charge on any atom is 0.356 e. The summed E-state index contributed by atoms with van der Waals surface area (Å²) in [5.41, 5.74) is 0.184. The summed E-state index contributed by atoms with van der Waals surface area (Å²) in [5.74, 6) is -0.426. The Morgan fingerprint density at radius 2 is 2.64 bits per heavy atom. The molecule has 1 rings (SSSR count). The van der Waals surface area contributed by atoms with Crippen molar-refractivity contribution in [3.8, 4) is 6.07 Å². The summed E-state index contributed by atoms with van der Waals surface area (Å²) in [6.45, 7) is 0. The van der Waals surface area contributed by atoms with Gasteiger partial charge in [0.05, 0.1) is 13.3 Å². The van der Waals surface area contributed by atoms with E-state index in [1.165, 1.54) is 13.3 Å². The monoisotopic (exact) mass is 151 g/mol. The highest BCUT2D eigenvalue weighted by molar-refractivity contribution is 5.86. The molecular weight excluding hydrogens is 146 g/mol. The first-order valence-corrected chi connectivity index (χ1v) is 2.81. The molecule has 0 spiro atoms. The summed E-state index contributed by atoms with van der Waals surface area (Å²) >= 11 is 0. The quantitative estimate of drug-likeness (QED) is 0.576. The molecular formula is C6H5N3O2. The Kier molecular flexibility index (Phi) is 1.88. The highest BCUT2D eigenvalue weighted by Crippen LogP contribution is 1.96. The van der Waals surface area contributed by atoms with Crippen LogP contribution in [-0.2, 0) is 4.74 Å². The number of H-pyrrole nitrogens is 1. The van der Waals surface area contributed by atoms with Crippen molar-refractivity contribution in [1.29, 1.82) is 5.26 Å². The third-order valence-electron chi connectivity index (χ3n) is 1.09. The Bertz CT molecular complexity index is 310. The molecule has 0 unspecified atom stereocenters. The molecule has 0 atom stereocenters. The topological polar surface area (TPSA) is 78.8 Å². The second kappa shape index (κ2) is 2.84. The molecule has 0 saturated heterocycles. The molecule has 0 aliphatic carbocycles. The minimum absolute atomic E-state index is 0.102. The number of nitriles is 1. The number of rotatable bonds is 1. The van der Waals surface area contributed by atoms with Gasteiger partial charge in [0, 0.05) is 0 Å². The molecule has 56 valence electrons. The summed E-state index contributed by atoms with van der Waals surface area (Å²) in [4.78, 5) is 16.8. The normalized spacial score (nSPS) is 8.73. The lowest BCUT2D eigenvalue weighted by molar-refractivity contribution is 0.0594. The van der Waals surface area contributed by atoms with Crippen LogP contribution >= 0.6 is 0 Å². The highest BCUT2D eigenvalue weighted by Gasteiger charge is 2.07. The van der Waals surface area contributed by atoms with Gasteiger partial charge in [-0.1, -0.05) is 0 Å². The molecule has 0 aliphatic rings. The van der Waals surface area contributed by atoms with Crippen LogP contribution in [0.25, 0.3) is 0 Å². The number of nitrogens with one attached hydrogen (secondary N) is 1. The molecule has 0 saturated carbocycles. The first-order chi connectivity index (χ1) is 5.27. The van der Waals surface area contributed by atoms with Gasteiger partial charge in [0.25, 0.3) is 0 Å². The van der Waals surface area contributed by atoms with Gasteiger partial charge in [-0.25, -0.2) is 9.78 Å². The largest absolute Gasteiger partial charge is 0.464 e. The van der Waals surface area contributed by atoms with E-state index in [1.807, 2.05) is 0 Å². The number of ether oxygens (including phenoxy) is 1. The number of hydrogen-bond donors (Lipinski definition) is 1. The predicted octanol–water partition coefficient (Wildman–Crippen LogP) is 0.0680. The van der Waals surface area contributed by atoms with E-state index >= 15 is 0 Å². The van der Waals surface area contributed by atoms with Gasteiger partial charge in [-0.2, -0.15) is 5.26 Å². The number of esters is 1. The third kappa shape index (κ3) is 1.35. The molecule has 0 amide bonds. The molecule has 0 aromatic carbocycles. The van der Waals surface area contributed by atoms with E-state index in [-0.39, 0.29) is 11.5 Å². The Morgan fingerprint density at radius 3 is 3.09 bits per heavy atom. The zero-order chi connectivity index (χ0) is 8.27.